The van der Waals surface area contributed by atoms with Crippen molar-refractivity contribution >= 4 is 11.9 Å². The molecule has 0 radical (unpaired) electrons. The number of carbonyl (C=O) groups excluding carboxylic acids is 2. The van der Waals surface area contributed by atoms with Gasteiger partial charge < -0.3 is 14.7 Å². The lowest BCUT2D eigenvalue weighted by Crippen LogP contribution is -2.42. The zero-order valence-electron chi connectivity index (χ0n) is 17.2. The Labute approximate surface area is 172 Å². The third kappa shape index (κ3) is 5.13. The van der Waals surface area contributed by atoms with E-state index in [9.17, 15) is 14.7 Å². The van der Waals surface area contributed by atoms with Crippen molar-refractivity contribution in [2.75, 3.05) is 20.6 Å². The van der Waals surface area contributed by atoms with Crippen LogP contribution in [0.2, 0.25) is 0 Å². The molecule has 1 aromatic rings. The van der Waals surface area contributed by atoms with Gasteiger partial charge in [0.25, 0.3) is 0 Å². The molecule has 5 heteroatoms. The van der Waals surface area contributed by atoms with E-state index in [0.29, 0.717) is 17.7 Å². The number of esters is 1. The van der Waals surface area contributed by atoms with Crippen LogP contribution in [-0.4, -0.2) is 48.2 Å². The van der Waals surface area contributed by atoms with E-state index in [0.717, 1.165) is 37.8 Å². The molecule has 3 rings (SSSR count). The largest absolute Gasteiger partial charge is 0.423 e. The molecule has 1 saturated carbocycles. The van der Waals surface area contributed by atoms with Crippen molar-refractivity contribution in [1.82, 2.24) is 4.90 Å². The van der Waals surface area contributed by atoms with Crippen molar-refractivity contribution in [2.45, 2.75) is 50.0 Å². The summed E-state index contributed by atoms with van der Waals surface area (Å²) in [6.07, 6.45) is 10.4. The van der Waals surface area contributed by atoms with E-state index < -0.39 is 11.6 Å². The summed E-state index contributed by atoms with van der Waals surface area (Å²) in [5.74, 6) is 1.67. The fourth-order valence-corrected chi connectivity index (χ4v) is 4.24. The average molecular weight is 395 g/mol. The number of hydrogen-bond acceptors (Lipinski definition) is 5. The second kappa shape index (κ2) is 9.36. The molecular weight excluding hydrogens is 366 g/mol. The van der Waals surface area contributed by atoms with E-state index in [2.05, 4.69) is 4.90 Å². The molecule has 0 amide bonds. The van der Waals surface area contributed by atoms with Gasteiger partial charge in [-0.2, -0.15) is 0 Å². The minimum atomic E-state index is -0.705. The number of allylic oxidation sites excluding steroid dienone is 3. The molecule has 1 atom stereocenters. The molecule has 29 heavy (non-hydrogen) atoms. The van der Waals surface area contributed by atoms with E-state index in [4.69, 9.17) is 4.74 Å². The summed E-state index contributed by atoms with van der Waals surface area (Å²) >= 11 is 0. The lowest BCUT2D eigenvalue weighted by atomic mass is 9.72. The van der Waals surface area contributed by atoms with Gasteiger partial charge in [-0.15, -0.1) is 0 Å². The predicted molar refractivity (Wildman–Crippen MR) is 112 cm³/mol. The summed E-state index contributed by atoms with van der Waals surface area (Å²) in [5.41, 5.74) is 0.883. The van der Waals surface area contributed by atoms with E-state index in [1.54, 1.807) is 30.4 Å². The topological polar surface area (TPSA) is 66.8 Å². The Balaban J connectivity index is 1.77. The molecule has 0 heterocycles. The van der Waals surface area contributed by atoms with Crippen molar-refractivity contribution in [3.8, 4) is 5.75 Å². The van der Waals surface area contributed by atoms with Crippen LogP contribution in [0.25, 0.3) is 0 Å². The monoisotopic (exact) mass is 395 g/mol. The highest BCUT2D eigenvalue weighted by Crippen LogP contribution is 2.40. The number of hydrogen-bond donors (Lipinski definition) is 1. The van der Waals surface area contributed by atoms with Crippen molar-refractivity contribution in [3.05, 3.63) is 59.2 Å². The lowest BCUT2D eigenvalue weighted by molar-refractivity contribution is -0.129. The first kappa shape index (κ1) is 21.3. The zero-order chi connectivity index (χ0) is 20.9. The van der Waals surface area contributed by atoms with Crippen LogP contribution in [0.15, 0.2) is 53.6 Å². The highest BCUT2D eigenvalue weighted by atomic mass is 16.5. The molecular formula is C24H29NO4. The summed E-state index contributed by atoms with van der Waals surface area (Å²) in [7, 11) is 4.03. The second-order valence-electron chi connectivity index (χ2n) is 8.23. The minimum Gasteiger partial charge on any atom is -0.423 e. The maximum Gasteiger partial charge on any atom is 0.344 e. The maximum atomic E-state index is 12.4. The SMILES string of the molecule is CN(C)CC(c1ccc(OC(=O)C2=CC=CCC2=C=O)cc1)C1(O)CCCCC1. The Morgan fingerprint density at radius 3 is 2.52 bits per heavy atom. The maximum absolute atomic E-state index is 12.4. The predicted octanol–water partition coefficient (Wildman–Crippen LogP) is 3.58. The van der Waals surface area contributed by atoms with Gasteiger partial charge in [-0.1, -0.05) is 43.5 Å². The van der Waals surface area contributed by atoms with Crippen LogP contribution < -0.4 is 4.74 Å². The first-order chi connectivity index (χ1) is 13.9. The number of nitrogens with zero attached hydrogens (tertiary/aromatic N) is 1. The van der Waals surface area contributed by atoms with Crippen LogP contribution in [0.3, 0.4) is 0 Å². The first-order valence-electron chi connectivity index (χ1n) is 10.2. The molecule has 1 fully saturated rings. The van der Waals surface area contributed by atoms with Crippen LogP contribution in [0.4, 0.5) is 0 Å². The Hall–Kier alpha value is -2.46. The van der Waals surface area contributed by atoms with Gasteiger partial charge in [0.15, 0.2) is 0 Å². The van der Waals surface area contributed by atoms with Gasteiger partial charge in [0, 0.05) is 18.9 Å². The fraction of sp³-hybridized carbons (Fsp3) is 0.458. The standard InChI is InChI=1S/C24H29NO4/c1-25(2)16-22(24(28)14-6-3-7-15-24)18-10-12-20(13-11-18)29-23(27)21-9-5-4-8-19(21)17-26/h4-5,9-13,22,28H,3,6-8,14-16H2,1-2H3. The van der Waals surface area contributed by atoms with Crippen molar-refractivity contribution in [1.29, 1.82) is 0 Å². The highest BCUT2D eigenvalue weighted by Gasteiger charge is 2.38. The summed E-state index contributed by atoms with van der Waals surface area (Å²) < 4.78 is 5.46. The number of rotatable bonds is 6. The lowest BCUT2D eigenvalue weighted by Gasteiger charge is -2.40. The molecule has 0 aliphatic heterocycles. The second-order valence-corrected chi connectivity index (χ2v) is 8.23. The summed E-state index contributed by atoms with van der Waals surface area (Å²) in [5, 5.41) is 11.3. The molecule has 154 valence electrons. The summed E-state index contributed by atoms with van der Waals surface area (Å²) in [6.45, 7) is 0.752. The van der Waals surface area contributed by atoms with Crippen LogP contribution in [-0.2, 0) is 9.59 Å². The fourth-order valence-electron chi connectivity index (χ4n) is 4.24. The Bertz CT molecular complexity index is 838. The molecule has 2 aliphatic carbocycles. The molecule has 0 spiro atoms. The smallest absolute Gasteiger partial charge is 0.344 e. The van der Waals surface area contributed by atoms with Gasteiger partial charge in [0.1, 0.15) is 11.7 Å². The van der Waals surface area contributed by atoms with Crippen LogP contribution in [0, 0.1) is 0 Å². The number of carbonyl (C=O) groups is 1. The zero-order valence-corrected chi connectivity index (χ0v) is 17.2. The van der Waals surface area contributed by atoms with Crippen molar-refractivity contribution in [2.24, 2.45) is 0 Å². The van der Waals surface area contributed by atoms with Crippen molar-refractivity contribution in [3.63, 3.8) is 0 Å². The Kier molecular flexibility index (Phi) is 6.86. The van der Waals surface area contributed by atoms with Crippen LogP contribution in [0.1, 0.15) is 50.0 Å². The van der Waals surface area contributed by atoms with Crippen LogP contribution in [0.5, 0.6) is 5.75 Å². The number of benzene rings is 1. The van der Waals surface area contributed by atoms with Crippen molar-refractivity contribution < 1.29 is 19.4 Å². The number of ether oxygens (including phenoxy) is 1. The van der Waals surface area contributed by atoms with Gasteiger partial charge >= 0.3 is 5.97 Å². The number of aliphatic hydroxyl groups is 1. The van der Waals surface area contributed by atoms with Gasteiger partial charge in [-0.25, -0.2) is 9.59 Å². The molecule has 5 nitrogen and oxygen atoms in total. The van der Waals surface area contributed by atoms with E-state index in [-0.39, 0.29) is 11.5 Å². The van der Waals surface area contributed by atoms with Crippen LogP contribution >= 0.6 is 0 Å². The summed E-state index contributed by atoms with van der Waals surface area (Å²) in [6, 6.07) is 7.36. The molecule has 2 aliphatic rings. The molecule has 1 unspecified atom stereocenters. The quantitative estimate of drug-likeness (QED) is 0.453. The third-order valence-corrected chi connectivity index (χ3v) is 5.80. The van der Waals surface area contributed by atoms with Gasteiger partial charge in [0.05, 0.1) is 16.7 Å². The van der Waals surface area contributed by atoms with Gasteiger partial charge in [-0.05, 0) is 50.7 Å². The molecule has 1 aromatic carbocycles. The van der Waals surface area contributed by atoms with E-state index in [1.807, 2.05) is 32.2 Å². The highest BCUT2D eigenvalue weighted by molar-refractivity contribution is 5.98. The molecule has 0 aromatic heterocycles. The molecule has 1 N–H and O–H groups in total. The minimum absolute atomic E-state index is 0.00154. The van der Waals surface area contributed by atoms with Gasteiger partial charge in [-0.3, -0.25) is 0 Å². The number of likely N-dealkylation sites (N-methyl/N-ethyl adjacent to an activating group) is 1. The average Bonchev–Trinajstić information content (AvgIpc) is 2.73. The normalized spacial score (nSPS) is 19.4. The Morgan fingerprint density at radius 1 is 1.21 bits per heavy atom. The van der Waals surface area contributed by atoms with Gasteiger partial charge in [0.2, 0.25) is 0 Å². The van der Waals surface area contributed by atoms with E-state index >= 15 is 0 Å². The Morgan fingerprint density at radius 2 is 1.90 bits per heavy atom. The summed E-state index contributed by atoms with van der Waals surface area (Å²) in [4.78, 5) is 25.6. The third-order valence-electron chi connectivity index (χ3n) is 5.80. The molecule has 0 saturated heterocycles. The molecule has 0 bridgehead atoms. The first-order valence-corrected chi connectivity index (χ1v) is 10.2. The van der Waals surface area contributed by atoms with E-state index in [1.165, 1.54) is 6.42 Å².